The number of rotatable bonds is 4. The summed E-state index contributed by atoms with van der Waals surface area (Å²) in [5, 5.41) is 3.35. The van der Waals surface area contributed by atoms with Crippen molar-refractivity contribution in [1.29, 1.82) is 0 Å². The van der Waals surface area contributed by atoms with Crippen LogP contribution < -0.4 is 11.1 Å². The lowest BCUT2D eigenvalue weighted by Crippen LogP contribution is -2.28. The summed E-state index contributed by atoms with van der Waals surface area (Å²) >= 11 is 0. The highest BCUT2D eigenvalue weighted by molar-refractivity contribution is 5.29. The van der Waals surface area contributed by atoms with Crippen LogP contribution in [0.5, 0.6) is 0 Å². The van der Waals surface area contributed by atoms with E-state index >= 15 is 0 Å². The molecule has 0 aliphatic carbocycles. The normalized spacial score (nSPS) is 15.6. The van der Waals surface area contributed by atoms with Crippen LogP contribution >= 0.6 is 0 Å². The molecular weight excluding hydrogens is 208 g/mol. The van der Waals surface area contributed by atoms with Gasteiger partial charge in [0, 0.05) is 6.04 Å². The van der Waals surface area contributed by atoms with Gasteiger partial charge in [0.15, 0.2) is 0 Å². The molecule has 0 fully saturated rings. The van der Waals surface area contributed by atoms with Crippen molar-refractivity contribution < 1.29 is 0 Å². The summed E-state index contributed by atoms with van der Waals surface area (Å²) in [6.07, 6.45) is 0. The maximum atomic E-state index is 5.75. The molecule has 2 atom stereocenters. The summed E-state index contributed by atoms with van der Waals surface area (Å²) < 4.78 is 0. The van der Waals surface area contributed by atoms with Crippen molar-refractivity contribution in [3.8, 4) is 0 Å². The van der Waals surface area contributed by atoms with Crippen LogP contribution in [0.2, 0.25) is 0 Å². The van der Waals surface area contributed by atoms with Gasteiger partial charge in [0.05, 0.1) is 0 Å². The van der Waals surface area contributed by atoms with E-state index in [4.69, 9.17) is 5.73 Å². The molecule has 1 rings (SSSR count). The Morgan fingerprint density at radius 1 is 1.18 bits per heavy atom. The third kappa shape index (κ3) is 3.55. The molecule has 0 amide bonds. The Hall–Kier alpha value is -0.860. The van der Waals surface area contributed by atoms with Crippen LogP contribution in [0.15, 0.2) is 24.3 Å². The average Bonchev–Trinajstić information content (AvgIpc) is 2.29. The summed E-state index contributed by atoms with van der Waals surface area (Å²) in [6.45, 7) is 9.59. The predicted molar refractivity (Wildman–Crippen MR) is 75.2 cm³/mol. The van der Waals surface area contributed by atoms with Crippen molar-refractivity contribution in [2.75, 3.05) is 13.6 Å². The Morgan fingerprint density at radius 2 is 1.71 bits per heavy atom. The van der Waals surface area contributed by atoms with E-state index in [2.05, 4.69) is 57.3 Å². The molecule has 2 heteroatoms. The maximum absolute atomic E-state index is 5.75. The minimum absolute atomic E-state index is 0.215. The Morgan fingerprint density at radius 3 is 2.06 bits per heavy atom. The highest BCUT2D eigenvalue weighted by atomic mass is 14.9. The molecule has 3 N–H and O–H groups in total. The number of hydrogen-bond donors (Lipinski definition) is 2. The third-order valence-corrected chi connectivity index (χ3v) is 3.39. The second-order valence-electron chi connectivity index (χ2n) is 5.85. The van der Waals surface area contributed by atoms with Crippen LogP contribution in [0, 0.1) is 5.92 Å². The second-order valence-corrected chi connectivity index (χ2v) is 5.85. The van der Waals surface area contributed by atoms with Crippen LogP contribution in [0.1, 0.15) is 44.9 Å². The van der Waals surface area contributed by atoms with Crippen molar-refractivity contribution in [1.82, 2.24) is 5.32 Å². The van der Waals surface area contributed by atoms with Gasteiger partial charge in [-0.2, -0.15) is 0 Å². The van der Waals surface area contributed by atoms with E-state index in [1.807, 2.05) is 7.05 Å². The van der Waals surface area contributed by atoms with Crippen LogP contribution in [0.3, 0.4) is 0 Å². The van der Waals surface area contributed by atoms with Gasteiger partial charge in [-0.1, -0.05) is 52.0 Å². The number of hydrogen-bond acceptors (Lipinski definition) is 2. The Labute approximate surface area is 106 Å². The van der Waals surface area contributed by atoms with Gasteiger partial charge in [0.25, 0.3) is 0 Å². The largest absolute Gasteiger partial charge is 0.330 e. The van der Waals surface area contributed by atoms with E-state index in [-0.39, 0.29) is 5.41 Å². The molecule has 0 aliphatic heterocycles. The highest BCUT2D eigenvalue weighted by Crippen LogP contribution is 2.26. The van der Waals surface area contributed by atoms with Crippen molar-refractivity contribution in [3.63, 3.8) is 0 Å². The van der Waals surface area contributed by atoms with E-state index in [1.165, 1.54) is 11.1 Å². The molecule has 0 spiro atoms. The predicted octanol–water partition coefficient (Wildman–Crippen LogP) is 2.84. The molecular formula is C15H26N2. The Bertz CT molecular complexity index is 335. The molecule has 0 saturated heterocycles. The molecule has 17 heavy (non-hydrogen) atoms. The van der Waals surface area contributed by atoms with Crippen LogP contribution in [-0.2, 0) is 5.41 Å². The van der Waals surface area contributed by atoms with Gasteiger partial charge in [-0.25, -0.2) is 0 Å². The molecule has 0 heterocycles. The first kappa shape index (κ1) is 14.2. The van der Waals surface area contributed by atoms with Crippen LogP contribution in [0.25, 0.3) is 0 Å². The molecule has 1 aromatic carbocycles. The van der Waals surface area contributed by atoms with Crippen molar-refractivity contribution in [2.45, 2.75) is 39.2 Å². The van der Waals surface area contributed by atoms with Gasteiger partial charge in [-0.3, -0.25) is 0 Å². The van der Waals surface area contributed by atoms with Crippen LogP contribution in [0.4, 0.5) is 0 Å². The molecule has 0 saturated carbocycles. The van der Waals surface area contributed by atoms with Gasteiger partial charge < -0.3 is 11.1 Å². The monoisotopic (exact) mass is 234 g/mol. The molecule has 2 unspecified atom stereocenters. The quantitative estimate of drug-likeness (QED) is 0.840. The van der Waals surface area contributed by atoms with E-state index in [1.54, 1.807) is 0 Å². The summed E-state index contributed by atoms with van der Waals surface area (Å²) in [4.78, 5) is 0. The zero-order valence-corrected chi connectivity index (χ0v) is 11.7. The third-order valence-electron chi connectivity index (χ3n) is 3.39. The first-order valence-corrected chi connectivity index (χ1v) is 6.38. The summed E-state index contributed by atoms with van der Waals surface area (Å²) in [7, 11) is 1.99. The van der Waals surface area contributed by atoms with E-state index in [0.717, 1.165) is 0 Å². The van der Waals surface area contributed by atoms with Crippen molar-refractivity contribution in [3.05, 3.63) is 35.4 Å². The minimum atomic E-state index is 0.215. The maximum Gasteiger partial charge on any atom is 0.0355 e. The summed E-state index contributed by atoms with van der Waals surface area (Å²) in [5.74, 6) is 0.445. The zero-order chi connectivity index (χ0) is 13.1. The van der Waals surface area contributed by atoms with E-state index in [0.29, 0.717) is 18.5 Å². The topological polar surface area (TPSA) is 38.0 Å². The highest BCUT2D eigenvalue weighted by Gasteiger charge is 2.18. The summed E-state index contributed by atoms with van der Waals surface area (Å²) in [5.41, 5.74) is 8.65. The number of benzene rings is 1. The van der Waals surface area contributed by atoms with E-state index in [9.17, 15) is 0 Å². The molecule has 0 bridgehead atoms. The second kappa shape index (κ2) is 5.65. The lowest BCUT2D eigenvalue weighted by molar-refractivity contribution is 0.419. The smallest absolute Gasteiger partial charge is 0.0355 e. The SMILES string of the molecule is CNC(c1ccc(C(C)(C)C)cc1)C(C)CN. The first-order valence-electron chi connectivity index (χ1n) is 6.38. The van der Waals surface area contributed by atoms with Gasteiger partial charge in [0.2, 0.25) is 0 Å². The minimum Gasteiger partial charge on any atom is -0.330 e. The van der Waals surface area contributed by atoms with Gasteiger partial charge in [0.1, 0.15) is 0 Å². The zero-order valence-electron chi connectivity index (χ0n) is 11.7. The molecule has 0 aromatic heterocycles. The van der Waals surface area contributed by atoms with Crippen molar-refractivity contribution >= 4 is 0 Å². The van der Waals surface area contributed by atoms with Gasteiger partial charge >= 0.3 is 0 Å². The van der Waals surface area contributed by atoms with Crippen LogP contribution in [-0.4, -0.2) is 13.6 Å². The summed E-state index contributed by atoms with van der Waals surface area (Å²) in [6, 6.07) is 9.22. The van der Waals surface area contributed by atoms with Gasteiger partial charge in [-0.05, 0) is 36.1 Å². The number of nitrogens with one attached hydrogen (secondary N) is 1. The molecule has 0 radical (unpaired) electrons. The lowest BCUT2D eigenvalue weighted by atomic mass is 9.85. The molecule has 0 aliphatic rings. The fraction of sp³-hybridized carbons (Fsp3) is 0.600. The van der Waals surface area contributed by atoms with Crippen molar-refractivity contribution in [2.24, 2.45) is 11.7 Å². The fourth-order valence-electron chi connectivity index (χ4n) is 2.11. The average molecular weight is 234 g/mol. The van der Waals surface area contributed by atoms with E-state index < -0.39 is 0 Å². The molecule has 1 aromatic rings. The lowest BCUT2D eigenvalue weighted by Gasteiger charge is -2.24. The fourth-order valence-corrected chi connectivity index (χ4v) is 2.11. The Balaban J connectivity index is 2.93. The van der Waals surface area contributed by atoms with Gasteiger partial charge in [-0.15, -0.1) is 0 Å². The molecule has 96 valence electrons. The standard InChI is InChI=1S/C15H26N2/c1-11(10-16)14(17-5)12-6-8-13(9-7-12)15(2,3)4/h6-9,11,14,17H,10,16H2,1-5H3. The first-order chi connectivity index (χ1) is 7.90. The Kier molecular flexibility index (Phi) is 4.72. The molecule has 2 nitrogen and oxygen atoms in total. The number of nitrogens with two attached hydrogens (primary N) is 1.